The van der Waals surface area contributed by atoms with Crippen LogP contribution >= 0.6 is 23.2 Å². The van der Waals surface area contributed by atoms with E-state index in [-0.39, 0.29) is 11.9 Å². The Morgan fingerprint density at radius 3 is 2.70 bits per heavy atom. The first-order valence-corrected chi connectivity index (χ1v) is 9.64. The highest BCUT2D eigenvalue weighted by Gasteiger charge is 2.58. The fraction of sp³-hybridized carbons (Fsp3) is 0.350. The highest BCUT2D eigenvalue weighted by Crippen LogP contribution is 2.53. The molecule has 0 N–H and O–H groups in total. The number of aromatic nitrogens is 1. The second-order valence-corrected chi connectivity index (χ2v) is 8.33. The molecular formula is C20H16Cl2N2O3. The summed E-state index contributed by atoms with van der Waals surface area (Å²) < 4.78 is 5.72. The Kier molecular flexibility index (Phi) is 3.59. The van der Waals surface area contributed by atoms with Crippen molar-refractivity contribution in [3.05, 3.63) is 63.4 Å². The number of carbonyl (C=O) groups excluding carboxylic acids is 2. The van der Waals surface area contributed by atoms with Crippen molar-refractivity contribution in [2.75, 3.05) is 13.1 Å². The number of hydrogen-bond donors (Lipinski definition) is 0. The number of rotatable bonds is 2. The molecule has 3 aliphatic rings. The summed E-state index contributed by atoms with van der Waals surface area (Å²) in [5, 5.41) is 1.07. The number of halogens is 2. The van der Waals surface area contributed by atoms with Gasteiger partial charge in [-0.1, -0.05) is 29.3 Å². The number of hydrogen-bond acceptors (Lipinski definition) is 4. The maximum absolute atomic E-state index is 13.4. The van der Waals surface area contributed by atoms with Gasteiger partial charge < -0.3 is 9.64 Å². The minimum atomic E-state index is -0.759. The number of likely N-dealkylation sites (tertiary alicyclic amines) is 1. The molecule has 5 rings (SSSR count). The second-order valence-electron chi connectivity index (χ2n) is 7.49. The summed E-state index contributed by atoms with van der Waals surface area (Å²) in [5.74, 6) is -0.323. The molecule has 0 bridgehead atoms. The van der Waals surface area contributed by atoms with E-state index in [1.807, 2.05) is 12.1 Å². The van der Waals surface area contributed by atoms with Crippen molar-refractivity contribution >= 4 is 35.1 Å². The van der Waals surface area contributed by atoms with Crippen LogP contribution in [0.4, 0.5) is 0 Å². The first kappa shape index (κ1) is 17.0. The van der Waals surface area contributed by atoms with Gasteiger partial charge in [-0.3, -0.25) is 9.78 Å². The number of amides is 1. The summed E-state index contributed by atoms with van der Waals surface area (Å²) in [4.78, 5) is 31.4. The molecule has 0 radical (unpaired) electrons. The van der Waals surface area contributed by atoms with E-state index in [9.17, 15) is 9.59 Å². The summed E-state index contributed by atoms with van der Waals surface area (Å²) in [6.07, 6.45) is 5.30. The lowest BCUT2D eigenvalue weighted by Crippen LogP contribution is -2.40. The van der Waals surface area contributed by atoms with E-state index < -0.39 is 11.0 Å². The summed E-state index contributed by atoms with van der Waals surface area (Å²) in [7, 11) is 0. The van der Waals surface area contributed by atoms with E-state index >= 15 is 0 Å². The van der Waals surface area contributed by atoms with Crippen molar-refractivity contribution in [3.63, 3.8) is 0 Å². The zero-order valence-corrected chi connectivity index (χ0v) is 15.9. The minimum absolute atomic E-state index is 0.0437. The van der Waals surface area contributed by atoms with Crippen LogP contribution in [-0.2, 0) is 20.5 Å². The molecule has 2 fully saturated rings. The Morgan fingerprint density at radius 2 is 1.96 bits per heavy atom. The average Bonchev–Trinajstić information content (AvgIpc) is 3.27. The molecule has 1 unspecified atom stereocenters. The number of nitrogens with zero attached hydrogens (tertiary/aromatic N) is 2. The molecule has 2 aliphatic heterocycles. The van der Waals surface area contributed by atoms with Crippen LogP contribution in [-0.4, -0.2) is 34.8 Å². The Hall–Kier alpha value is -2.11. The van der Waals surface area contributed by atoms with E-state index in [4.69, 9.17) is 27.9 Å². The van der Waals surface area contributed by atoms with Gasteiger partial charge in [-0.05, 0) is 36.6 Å². The monoisotopic (exact) mass is 402 g/mol. The lowest BCUT2D eigenvalue weighted by Gasteiger charge is -2.27. The molecule has 1 aromatic heterocycles. The Bertz CT molecular complexity index is 989. The maximum atomic E-state index is 13.4. The van der Waals surface area contributed by atoms with Gasteiger partial charge in [-0.2, -0.15) is 0 Å². The van der Waals surface area contributed by atoms with Crippen LogP contribution in [0.1, 0.15) is 40.7 Å². The largest absolute Gasteiger partial charge is 0.449 e. The molecule has 2 aromatic rings. The van der Waals surface area contributed by atoms with Crippen LogP contribution in [0.15, 0.2) is 36.7 Å². The van der Waals surface area contributed by atoms with Crippen LogP contribution < -0.4 is 0 Å². The molecule has 3 heterocycles. The lowest BCUT2D eigenvalue weighted by atomic mass is 9.92. The quantitative estimate of drug-likeness (QED) is 0.718. The predicted octanol–water partition coefficient (Wildman–Crippen LogP) is 3.72. The predicted molar refractivity (Wildman–Crippen MR) is 99.9 cm³/mol. The van der Waals surface area contributed by atoms with Crippen molar-refractivity contribution in [2.45, 2.75) is 30.3 Å². The molecule has 5 nitrogen and oxygen atoms in total. The molecule has 1 spiro atoms. The van der Waals surface area contributed by atoms with Gasteiger partial charge >= 0.3 is 5.97 Å². The third-order valence-electron chi connectivity index (χ3n) is 5.95. The van der Waals surface area contributed by atoms with Crippen LogP contribution in [0.25, 0.3) is 0 Å². The lowest BCUT2D eigenvalue weighted by molar-refractivity contribution is -0.134. The Labute approximate surface area is 166 Å². The van der Waals surface area contributed by atoms with Gasteiger partial charge in [0.2, 0.25) is 5.91 Å². The fourth-order valence-corrected chi connectivity index (χ4v) is 4.99. The first-order chi connectivity index (χ1) is 13.0. The van der Waals surface area contributed by atoms with E-state index in [0.717, 1.165) is 24.0 Å². The van der Waals surface area contributed by atoms with Gasteiger partial charge in [0.1, 0.15) is 0 Å². The second kappa shape index (κ2) is 5.69. The topological polar surface area (TPSA) is 59.5 Å². The van der Waals surface area contributed by atoms with Gasteiger partial charge in [0.25, 0.3) is 0 Å². The van der Waals surface area contributed by atoms with Crippen LogP contribution in [0.2, 0.25) is 10.0 Å². The zero-order chi connectivity index (χ0) is 18.8. The summed E-state index contributed by atoms with van der Waals surface area (Å²) in [6, 6.07) is 7.11. The zero-order valence-electron chi connectivity index (χ0n) is 14.4. The van der Waals surface area contributed by atoms with Gasteiger partial charge in [0, 0.05) is 41.0 Å². The Morgan fingerprint density at radius 1 is 1.15 bits per heavy atom. The summed E-state index contributed by atoms with van der Waals surface area (Å²) in [5.41, 5.74) is 0.801. The summed E-state index contributed by atoms with van der Waals surface area (Å²) >= 11 is 12.4. The molecule has 1 atom stereocenters. The number of fused-ring (bicyclic) bond motifs is 2. The molecule has 1 amide bonds. The third-order valence-corrected chi connectivity index (χ3v) is 6.49. The highest BCUT2D eigenvalue weighted by atomic mass is 35.5. The van der Waals surface area contributed by atoms with Crippen LogP contribution in [0.5, 0.6) is 0 Å². The van der Waals surface area contributed by atoms with Crippen molar-refractivity contribution in [1.82, 2.24) is 9.88 Å². The van der Waals surface area contributed by atoms with Gasteiger partial charge in [-0.15, -0.1) is 0 Å². The smallest absolute Gasteiger partial charge is 0.341 e. The molecular weight excluding hydrogens is 387 g/mol. The fourth-order valence-electron chi connectivity index (χ4n) is 4.40. The SMILES string of the molecule is O=C1OC2(CCN(C(=O)C3(c4ccc(Cl)cc4Cl)CC3)C2)c2ccncc21. The molecule has 138 valence electrons. The number of ether oxygens (including phenoxy) is 1. The number of carbonyl (C=O) groups is 2. The van der Waals surface area contributed by atoms with Crippen molar-refractivity contribution in [1.29, 1.82) is 0 Å². The molecule has 1 aliphatic carbocycles. The van der Waals surface area contributed by atoms with Crippen molar-refractivity contribution < 1.29 is 14.3 Å². The normalized spacial score (nSPS) is 24.8. The Balaban J connectivity index is 1.44. The van der Waals surface area contributed by atoms with E-state index in [2.05, 4.69) is 4.98 Å². The van der Waals surface area contributed by atoms with Crippen LogP contribution in [0.3, 0.4) is 0 Å². The van der Waals surface area contributed by atoms with Gasteiger partial charge in [0.05, 0.1) is 17.5 Å². The number of esters is 1. The number of pyridine rings is 1. The minimum Gasteiger partial charge on any atom is -0.449 e. The molecule has 1 saturated heterocycles. The van der Waals surface area contributed by atoms with Gasteiger partial charge in [0.15, 0.2) is 5.60 Å². The highest BCUT2D eigenvalue weighted by molar-refractivity contribution is 6.35. The van der Waals surface area contributed by atoms with Crippen molar-refractivity contribution in [2.24, 2.45) is 0 Å². The molecule has 27 heavy (non-hydrogen) atoms. The third kappa shape index (κ3) is 2.41. The van der Waals surface area contributed by atoms with Gasteiger partial charge in [-0.25, -0.2) is 4.79 Å². The van der Waals surface area contributed by atoms with E-state index in [1.165, 1.54) is 6.20 Å². The average molecular weight is 403 g/mol. The number of benzene rings is 1. The summed E-state index contributed by atoms with van der Waals surface area (Å²) in [6.45, 7) is 0.905. The molecule has 1 saturated carbocycles. The van der Waals surface area contributed by atoms with E-state index in [0.29, 0.717) is 35.1 Å². The molecule has 7 heteroatoms. The van der Waals surface area contributed by atoms with Crippen LogP contribution in [0, 0.1) is 0 Å². The standard InChI is InChI=1S/C20H16Cl2N2O3/c21-12-1-2-15(16(22)9-12)19(4-5-19)18(26)24-8-6-20(11-24)14-3-7-23-10-13(14)17(25)27-20/h1-3,7,9-10H,4-6,8,11H2. The maximum Gasteiger partial charge on any atom is 0.341 e. The molecule has 1 aromatic carbocycles. The first-order valence-electron chi connectivity index (χ1n) is 8.88. The van der Waals surface area contributed by atoms with E-state index in [1.54, 1.807) is 23.2 Å². The van der Waals surface area contributed by atoms with Crippen molar-refractivity contribution in [3.8, 4) is 0 Å².